The van der Waals surface area contributed by atoms with Crippen LogP contribution in [0.5, 0.6) is 0 Å². The van der Waals surface area contributed by atoms with Crippen LogP contribution in [-0.2, 0) is 9.84 Å². The van der Waals surface area contributed by atoms with Gasteiger partial charge in [-0.3, -0.25) is 0 Å². The molecule has 0 atom stereocenters. The van der Waals surface area contributed by atoms with E-state index >= 15 is 0 Å². The second-order valence-corrected chi connectivity index (χ2v) is 0.981. The van der Waals surface area contributed by atoms with Gasteiger partial charge in [-0.05, 0) is 6.92 Å². The summed E-state index contributed by atoms with van der Waals surface area (Å²) in [4.78, 5) is 0. The fourth-order valence-corrected chi connectivity index (χ4v) is 0.188. The molecule has 1 radical (unpaired) electrons. The predicted molar refractivity (Wildman–Crippen MR) is 19.5 cm³/mol. The third-order valence-corrected chi connectivity index (χ3v) is 0.332. The molecule has 0 saturated carbocycles. The second kappa shape index (κ2) is 2.23. The van der Waals surface area contributed by atoms with Gasteiger partial charge >= 0.3 is 6.16 Å². The highest BCUT2D eigenvalue weighted by Gasteiger charge is 2.19. The van der Waals surface area contributed by atoms with Crippen LogP contribution < -0.4 is 0 Å². The van der Waals surface area contributed by atoms with Crippen LogP contribution >= 0.6 is 0 Å². The first-order chi connectivity index (χ1) is 3.06. The van der Waals surface area contributed by atoms with E-state index in [0.29, 0.717) is 0 Å². The van der Waals surface area contributed by atoms with Crippen molar-refractivity contribution < 1.29 is 20.1 Å². The molecular formula is C3H7O4. The van der Waals surface area contributed by atoms with Crippen LogP contribution in [0, 0.1) is 0 Å². The summed E-state index contributed by atoms with van der Waals surface area (Å²) in [5.74, 6) is 0. The standard InChI is InChI=1S/C3H7O4/c1-2-7-3(4,5)6/h4-5H,2H2,1H3. The lowest BCUT2D eigenvalue weighted by atomic mass is 10.9. The molecule has 0 aliphatic rings. The average molecular weight is 107 g/mol. The van der Waals surface area contributed by atoms with Crippen LogP contribution in [0.25, 0.3) is 0 Å². The van der Waals surface area contributed by atoms with Crippen molar-refractivity contribution in [1.29, 1.82) is 0 Å². The van der Waals surface area contributed by atoms with E-state index in [-0.39, 0.29) is 6.61 Å². The van der Waals surface area contributed by atoms with E-state index in [2.05, 4.69) is 4.74 Å². The third-order valence-electron chi connectivity index (χ3n) is 0.332. The van der Waals surface area contributed by atoms with E-state index in [4.69, 9.17) is 10.2 Å². The fourth-order valence-electron chi connectivity index (χ4n) is 0.188. The molecule has 7 heavy (non-hydrogen) atoms. The van der Waals surface area contributed by atoms with E-state index in [1.165, 1.54) is 6.92 Å². The lowest BCUT2D eigenvalue weighted by Crippen LogP contribution is -2.28. The molecule has 4 heteroatoms. The van der Waals surface area contributed by atoms with Crippen LogP contribution in [0.2, 0.25) is 0 Å². The molecule has 0 heterocycles. The Kier molecular flexibility index (Phi) is 2.17. The van der Waals surface area contributed by atoms with E-state index in [1.807, 2.05) is 0 Å². The Morgan fingerprint density at radius 2 is 2.14 bits per heavy atom. The molecule has 4 nitrogen and oxygen atoms in total. The smallest absolute Gasteiger partial charge is 0.317 e. The molecule has 0 spiro atoms. The molecule has 0 unspecified atom stereocenters. The Bertz CT molecular complexity index is 45.4. The molecular weight excluding hydrogens is 100 g/mol. The van der Waals surface area contributed by atoms with Crippen LogP contribution in [0.1, 0.15) is 6.92 Å². The zero-order valence-corrected chi connectivity index (χ0v) is 3.92. The lowest BCUT2D eigenvalue weighted by Gasteiger charge is -2.08. The first-order valence-electron chi connectivity index (χ1n) is 1.85. The second-order valence-electron chi connectivity index (χ2n) is 0.981. The summed E-state index contributed by atoms with van der Waals surface area (Å²) < 4.78 is 3.78. The van der Waals surface area contributed by atoms with Crippen LogP contribution in [0.4, 0.5) is 0 Å². The van der Waals surface area contributed by atoms with Gasteiger partial charge in [-0.2, -0.15) is 0 Å². The zero-order chi connectivity index (χ0) is 5.91. The summed E-state index contributed by atoms with van der Waals surface area (Å²) in [7, 11) is 0. The highest BCUT2D eigenvalue weighted by Crippen LogP contribution is 1.93. The van der Waals surface area contributed by atoms with Gasteiger partial charge in [-0.15, -0.1) is 5.11 Å². The highest BCUT2D eigenvalue weighted by molar-refractivity contribution is 4.16. The van der Waals surface area contributed by atoms with E-state index in [0.717, 1.165) is 0 Å². The topological polar surface area (TPSA) is 69.6 Å². The minimum Gasteiger partial charge on any atom is -0.317 e. The van der Waals surface area contributed by atoms with Crippen molar-refractivity contribution in [2.45, 2.75) is 13.1 Å². The van der Waals surface area contributed by atoms with E-state index < -0.39 is 6.16 Å². The maximum absolute atomic E-state index is 9.59. The number of rotatable bonds is 2. The van der Waals surface area contributed by atoms with Crippen molar-refractivity contribution in [1.82, 2.24) is 0 Å². The molecule has 0 rings (SSSR count). The lowest BCUT2D eigenvalue weighted by molar-refractivity contribution is -0.478. The number of hydrogen-bond donors (Lipinski definition) is 2. The molecule has 2 N–H and O–H groups in total. The molecule has 0 aromatic heterocycles. The van der Waals surface area contributed by atoms with Crippen molar-refractivity contribution in [3.63, 3.8) is 0 Å². The maximum Gasteiger partial charge on any atom is 0.434 e. The fraction of sp³-hybridized carbons (Fsp3) is 1.00. The Hall–Kier alpha value is -0.160. The summed E-state index contributed by atoms with van der Waals surface area (Å²) in [6, 6.07) is 0. The maximum atomic E-state index is 9.59. The minimum atomic E-state index is -3.20. The molecule has 0 aliphatic carbocycles. The van der Waals surface area contributed by atoms with Gasteiger partial charge in [0.15, 0.2) is 0 Å². The molecule has 0 amide bonds. The number of ether oxygens (including phenoxy) is 1. The van der Waals surface area contributed by atoms with Gasteiger partial charge in [0.1, 0.15) is 0 Å². The van der Waals surface area contributed by atoms with E-state index in [9.17, 15) is 5.11 Å². The predicted octanol–water partition coefficient (Wildman–Crippen LogP) is -0.951. The molecule has 0 aliphatic heterocycles. The Labute approximate surface area is 41.0 Å². The summed E-state index contributed by atoms with van der Waals surface area (Å²) in [6.45, 7) is 1.48. The highest BCUT2D eigenvalue weighted by atomic mass is 16.9. The molecule has 0 aromatic rings. The van der Waals surface area contributed by atoms with Gasteiger partial charge in [-0.1, -0.05) is 0 Å². The van der Waals surface area contributed by atoms with Gasteiger partial charge in [-0.25, -0.2) is 0 Å². The quantitative estimate of drug-likeness (QED) is 0.447. The van der Waals surface area contributed by atoms with Crippen LogP contribution in [0.15, 0.2) is 0 Å². The Morgan fingerprint density at radius 3 is 2.14 bits per heavy atom. The summed E-state index contributed by atoms with van der Waals surface area (Å²) in [5.41, 5.74) is 0. The molecule has 0 bridgehead atoms. The minimum absolute atomic E-state index is 0.00347. The van der Waals surface area contributed by atoms with Crippen molar-refractivity contribution in [2.24, 2.45) is 0 Å². The van der Waals surface area contributed by atoms with Crippen molar-refractivity contribution in [3.05, 3.63) is 0 Å². The first kappa shape index (κ1) is 6.84. The van der Waals surface area contributed by atoms with Crippen molar-refractivity contribution in [3.8, 4) is 0 Å². The van der Waals surface area contributed by atoms with Gasteiger partial charge in [0.05, 0.1) is 6.61 Å². The first-order valence-corrected chi connectivity index (χ1v) is 1.85. The van der Waals surface area contributed by atoms with Gasteiger partial charge in [0.2, 0.25) is 0 Å². The average Bonchev–Trinajstić information content (AvgIpc) is 1.30. The molecule has 0 fully saturated rings. The number of hydrogen-bond acceptors (Lipinski definition) is 3. The molecule has 43 valence electrons. The van der Waals surface area contributed by atoms with Crippen LogP contribution in [-0.4, -0.2) is 23.0 Å². The zero-order valence-electron chi connectivity index (χ0n) is 3.92. The van der Waals surface area contributed by atoms with Gasteiger partial charge < -0.3 is 14.9 Å². The Morgan fingerprint density at radius 1 is 1.71 bits per heavy atom. The normalized spacial score (nSPS) is 12.0. The largest absolute Gasteiger partial charge is 0.434 e. The van der Waals surface area contributed by atoms with E-state index in [1.54, 1.807) is 0 Å². The summed E-state index contributed by atoms with van der Waals surface area (Å²) in [6.07, 6.45) is -3.20. The van der Waals surface area contributed by atoms with Crippen molar-refractivity contribution >= 4 is 0 Å². The van der Waals surface area contributed by atoms with Crippen LogP contribution in [0.3, 0.4) is 0 Å². The Balaban J connectivity index is 3.15. The summed E-state index contributed by atoms with van der Waals surface area (Å²) >= 11 is 0. The SMILES string of the molecule is CCOC([O])(O)O. The third kappa shape index (κ3) is 5.84. The number of aliphatic hydroxyl groups is 2. The molecule has 0 aromatic carbocycles. The summed E-state index contributed by atoms with van der Waals surface area (Å²) in [5, 5.41) is 25.2. The monoisotopic (exact) mass is 107 g/mol. The molecule has 0 saturated heterocycles. The van der Waals surface area contributed by atoms with Crippen molar-refractivity contribution in [2.75, 3.05) is 6.61 Å². The van der Waals surface area contributed by atoms with Gasteiger partial charge in [0.25, 0.3) is 0 Å². The van der Waals surface area contributed by atoms with Gasteiger partial charge in [0, 0.05) is 0 Å².